The Bertz CT molecular complexity index is 1050. The van der Waals surface area contributed by atoms with E-state index in [1.54, 1.807) is 30.7 Å². The fourth-order valence-corrected chi connectivity index (χ4v) is 2.48. The molecule has 0 bridgehead atoms. The van der Waals surface area contributed by atoms with E-state index in [1.807, 2.05) is 42.5 Å². The molecule has 116 valence electrons. The van der Waals surface area contributed by atoms with Gasteiger partial charge in [-0.2, -0.15) is 0 Å². The van der Waals surface area contributed by atoms with Gasteiger partial charge in [-0.3, -0.25) is 9.78 Å². The smallest absolute Gasteiger partial charge is 0.286 e. The van der Waals surface area contributed by atoms with Crippen molar-refractivity contribution in [3.8, 4) is 5.69 Å². The van der Waals surface area contributed by atoms with E-state index in [1.165, 1.54) is 4.57 Å². The number of hydrogen-bond acceptors (Lipinski definition) is 5. The summed E-state index contributed by atoms with van der Waals surface area (Å²) in [4.78, 5) is 25.8. The molecular formula is C18H13N5O. The Hall–Kier alpha value is -3.54. The summed E-state index contributed by atoms with van der Waals surface area (Å²) in [5.74, 6) is 0.416. The predicted molar refractivity (Wildman–Crippen MR) is 92.7 cm³/mol. The molecule has 4 rings (SSSR count). The first-order valence-electron chi connectivity index (χ1n) is 7.43. The number of benzene rings is 1. The molecule has 3 aromatic heterocycles. The van der Waals surface area contributed by atoms with Crippen molar-refractivity contribution in [2.24, 2.45) is 0 Å². The molecule has 1 aromatic carbocycles. The second-order valence-electron chi connectivity index (χ2n) is 5.15. The van der Waals surface area contributed by atoms with Gasteiger partial charge in [-0.15, -0.1) is 0 Å². The number of pyridine rings is 2. The number of nitrogens with one attached hydrogen (secondary N) is 1. The largest absolute Gasteiger partial charge is 0.324 e. The fraction of sp³-hybridized carbons (Fsp3) is 0. The van der Waals surface area contributed by atoms with Crippen molar-refractivity contribution in [1.29, 1.82) is 0 Å². The lowest BCUT2D eigenvalue weighted by molar-refractivity contribution is 0.966. The number of para-hydroxylation sites is 1. The topological polar surface area (TPSA) is 72.7 Å². The van der Waals surface area contributed by atoms with Crippen LogP contribution in [0, 0.1) is 0 Å². The summed E-state index contributed by atoms with van der Waals surface area (Å²) in [5, 5.41) is 3.17. The highest BCUT2D eigenvalue weighted by Gasteiger charge is 2.13. The molecule has 0 fully saturated rings. The number of hydrogen-bond donors (Lipinski definition) is 1. The van der Waals surface area contributed by atoms with E-state index < -0.39 is 0 Å². The monoisotopic (exact) mass is 315 g/mol. The maximum Gasteiger partial charge on any atom is 0.286 e. The minimum absolute atomic E-state index is 0.224. The molecule has 0 aliphatic carbocycles. The predicted octanol–water partition coefficient (Wildman–Crippen LogP) is 2.92. The highest BCUT2D eigenvalue weighted by Crippen LogP contribution is 2.18. The van der Waals surface area contributed by atoms with Gasteiger partial charge < -0.3 is 5.32 Å². The van der Waals surface area contributed by atoms with E-state index >= 15 is 0 Å². The second-order valence-corrected chi connectivity index (χ2v) is 5.15. The molecule has 6 nitrogen and oxygen atoms in total. The second kappa shape index (κ2) is 5.92. The summed E-state index contributed by atoms with van der Waals surface area (Å²) in [7, 11) is 0. The fourth-order valence-electron chi connectivity index (χ4n) is 2.48. The Morgan fingerprint density at radius 1 is 0.917 bits per heavy atom. The molecule has 0 radical (unpaired) electrons. The molecule has 0 aliphatic rings. The number of nitrogens with zero attached hydrogens (tertiary/aromatic N) is 4. The molecular weight excluding hydrogens is 302 g/mol. The molecule has 0 unspecified atom stereocenters. The van der Waals surface area contributed by atoms with Crippen LogP contribution in [0.5, 0.6) is 0 Å². The van der Waals surface area contributed by atoms with Crippen molar-refractivity contribution in [3.05, 3.63) is 83.5 Å². The summed E-state index contributed by atoms with van der Waals surface area (Å²) < 4.78 is 1.52. The Morgan fingerprint density at radius 2 is 1.75 bits per heavy atom. The molecule has 1 N–H and O–H groups in total. The average molecular weight is 315 g/mol. The van der Waals surface area contributed by atoms with E-state index in [0.29, 0.717) is 22.7 Å². The molecule has 6 heteroatoms. The van der Waals surface area contributed by atoms with Crippen LogP contribution < -0.4 is 10.9 Å². The van der Waals surface area contributed by atoms with Crippen LogP contribution in [0.15, 0.2) is 78.0 Å². The lowest BCUT2D eigenvalue weighted by Gasteiger charge is -2.14. The van der Waals surface area contributed by atoms with Crippen molar-refractivity contribution >= 4 is 22.7 Å². The van der Waals surface area contributed by atoms with Crippen molar-refractivity contribution in [1.82, 2.24) is 19.5 Å². The summed E-state index contributed by atoms with van der Waals surface area (Å²) in [5.41, 5.74) is 2.11. The lowest BCUT2D eigenvalue weighted by Crippen LogP contribution is -2.23. The average Bonchev–Trinajstić information content (AvgIpc) is 2.64. The molecule has 3 heterocycles. The SMILES string of the molecule is O=c1c2ncccc2nc(Nc2cccnc2)n1-c1ccccc1. The highest BCUT2D eigenvalue weighted by atomic mass is 16.1. The normalized spacial score (nSPS) is 10.7. The van der Waals surface area contributed by atoms with Crippen molar-refractivity contribution in [3.63, 3.8) is 0 Å². The Balaban J connectivity index is 1.98. The molecule has 0 atom stereocenters. The summed E-state index contributed by atoms with van der Waals surface area (Å²) in [6.45, 7) is 0. The zero-order chi connectivity index (χ0) is 16.4. The summed E-state index contributed by atoms with van der Waals surface area (Å²) in [6, 6.07) is 16.6. The quantitative estimate of drug-likeness (QED) is 0.629. The van der Waals surface area contributed by atoms with Gasteiger partial charge in [0.1, 0.15) is 0 Å². The van der Waals surface area contributed by atoms with Crippen LogP contribution >= 0.6 is 0 Å². The van der Waals surface area contributed by atoms with Gasteiger partial charge in [-0.25, -0.2) is 14.5 Å². The first kappa shape index (κ1) is 14.1. The minimum atomic E-state index is -0.224. The summed E-state index contributed by atoms with van der Waals surface area (Å²) in [6.07, 6.45) is 4.96. The van der Waals surface area contributed by atoms with Gasteiger partial charge in [0.25, 0.3) is 5.56 Å². The van der Waals surface area contributed by atoms with Crippen LogP contribution in [0.3, 0.4) is 0 Å². The van der Waals surface area contributed by atoms with Gasteiger partial charge in [0.05, 0.1) is 23.1 Å². The third-order valence-corrected chi connectivity index (χ3v) is 3.56. The van der Waals surface area contributed by atoms with Crippen LogP contribution in [0.4, 0.5) is 11.6 Å². The van der Waals surface area contributed by atoms with Gasteiger partial charge >= 0.3 is 0 Å². The summed E-state index contributed by atoms with van der Waals surface area (Å²) >= 11 is 0. The van der Waals surface area contributed by atoms with Crippen LogP contribution in [-0.2, 0) is 0 Å². The van der Waals surface area contributed by atoms with E-state index in [0.717, 1.165) is 5.69 Å². The Labute approximate surface area is 137 Å². The number of anilines is 2. The van der Waals surface area contributed by atoms with E-state index in [4.69, 9.17) is 0 Å². The maximum atomic E-state index is 12.9. The molecule has 0 saturated carbocycles. The Kier molecular flexibility index (Phi) is 3.47. The van der Waals surface area contributed by atoms with Crippen molar-refractivity contribution < 1.29 is 0 Å². The first-order valence-corrected chi connectivity index (χ1v) is 7.43. The van der Waals surface area contributed by atoms with Gasteiger partial charge in [0, 0.05) is 12.4 Å². The van der Waals surface area contributed by atoms with Gasteiger partial charge in [0.2, 0.25) is 5.95 Å². The van der Waals surface area contributed by atoms with Crippen LogP contribution in [0.1, 0.15) is 0 Å². The lowest BCUT2D eigenvalue weighted by atomic mass is 10.3. The van der Waals surface area contributed by atoms with Crippen LogP contribution in [0.2, 0.25) is 0 Å². The van der Waals surface area contributed by atoms with Crippen molar-refractivity contribution in [2.75, 3.05) is 5.32 Å². The molecule has 4 aromatic rings. The van der Waals surface area contributed by atoms with Crippen LogP contribution in [0.25, 0.3) is 16.7 Å². The number of fused-ring (bicyclic) bond motifs is 1. The van der Waals surface area contributed by atoms with Gasteiger partial charge in [0.15, 0.2) is 5.52 Å². The molecule has 0 aliphatic heterocycles. The van der Waals surface area contributed by atoms with Crippen molar-refractivity contribution in [2.45, 2.75) is 0 Å². The molecule has 24 heavy (non-hydrogen) atoms. The van der Waals surface area contributed by atoms with E-state index in [2.05, 4.69) is 20.3 Å². The third-order valence-electron chi connectivity index (χ3n) is 3.56. The molecule has 0 spiro atoms. The minimum Gasteiger partial charge on any atom is -0.324 e. The molecule has 0 amide bonds. The Morgan fingerprint density at radius 3 is 2.54 bits per heavy atom. The van der Waals surface area contributed by atoms with Gasteiger partial charge in [-0.1, -0.05) is 18.2 Å². The maximum absolute atomic E-state index is 12.9. The van der Waals surface area contributed by atoms with E-state index in [-0.39, 0.29) is 5.56 Å². The van der Waals surface area contributed by atoms with E-state index in [9.17, 15) is 4.79 Å². The third kappa shape index (κ3) is 2.50. The van der Waals surface area contributed by atoms with Gasteiger partial charge in [-0.05, 0) is 36.4 Å². The zero-order valence-corrected chi connectivity index (χ0v) is 12.6. The van der Waals surface area contributed by atoms with Crippen LogP contribution in [-0.4, -0.2) is 19.5 Å². The zero-order valence-electron chi connectivity index (χ0n) is 12.6. The first-order chi connectivity index (χ1) is 11.8. The number of aromatic nitrogens is 4. The molecule has 0 saturated heterocycles. The standard InChI is InChI=1S/C18H13N5O/c24-17-16-15(9-5-11-20-16)22-18(21-13-6-4-10-19-12-13)23(17)14-7-2-1-3-8-14/h1-12H,(H,21,22). The number of rotatable bonds is 3. The highest BCUT2D eigenvalue weighted by molar-refractivity contribution is 5.75.